The first-order chi connectivity index (χ1) is 5.49. The Labute approximate surface area is 72.1 Å². The molecule has 0 radical (unpaired) electrons. The minimum Gasteiger partial charge on any atom is -0.468 e. The Hall–Kier alpha value is -0.860. The third-order valence-electron chi connectivity index (χ3n) is 2.53. The average Bonchev–Trinajstić information content (AvgIpc) is 2.27. The van der Waals surface area contributed by atoms with Crippen molar-refractivity contribution in [3.63, 3.8) is 0 Å². The average molecular weight is 170 g/mol. The van der Waals surface area contributed by atoms with Crippen LogP contribution >= 0.6 is 0 Å². The SMILES string of the molecule is COC(=O)[C@H]1CCC(C)(C)C1=O. The van der Waals surface area contributed by atoms with E-state index >= 15 is 0 Å². The summed E-state index contributed by atoms with van der Waals surface area (Å²) in [4.78, 5) is 22.6. The van der Waals surface area contributed by atoms with Crippen LogP contribution in [0, 0.1) is 11.3 Å². The maximum absolute atomic E-state index is 11.5. The Bertz CT molecular complexity index is 218. The number of rotatable bonds is 1. The molecule has 0 aliphatic heterocycles. The van der Waals surface area contributed by atoms with Gasteiger partial charge >= 0.3 is 5.97 Å². The fourth-order valence-electron chi connectivity index (χ4n) is 1.60. The predicted octanol–water partition coefficient (Wildman–Crippen LogP) is 1.16. The second kappa shape index (κ2) is 2.88. The molecule has 12 heavy (non-hydrogen) atoms. The molecule has 68 valence electrons. The number of Topliss-reactive ketones (excluding diaryl/α,β-unsaturated/α-hetero) is 1. The number of carbonyl (C=O) groups is 2. The van der Waals surface area contributed by atoms with Crippen molar-refractivity contribution in [2.24, 2.45) is 11.3 Å². The minimum absolute atomic E-state index is 0.0225. The molecule has 0 unspecified atom stereocenters. The first-order valence-electron chi connectivity index (χ1n) is 4.11. The summed E-state index contributed by atoms with van der Waals surface area (Å²) in [6.07, 6.45) is 1.42. The molecule has 0 spiro atoms. The molecule has 1 saturated carbocycles. The van der Waals surface area contributed by atoms with Gasteiger partial charge in [0.25, 0.3) is 0 Å². The van der Waals surface area contributed by atoms with E-state index in [0.717, 1.165) is 6.42 Å². The number of methoxy groups -OCH3 is 1. The van der Waals surface area contributed by atoms with Crippen molar-refractivity contribution >= 4 is 11.8 Å². The lowest BCUT2D eigenvalue weighted by molar-refractivity contribution is -0.149. The van der Waals surface area contributed by atoms with Gasteiger partial charge in [-0.1, -0.05) is 13.8 Å². The highest BCUT2D eigenvalue weighted by Crippen LogP contribution is 2.37. The molecule has 1 fully saturated rings. The van der Waals surface area contributed by atoms with Gasteiger partial charge in [-0.25, -0.2) is 0 Å². The van der Waals surface area contributed by atoms with Crippen LogP contribution in [0.3, 0.4) is 0 Å². The quantitative estimate of drug-likeness (QED) is 0.438. The zero-order valence-corrected chi connectivity index (χ0v) is 7.72. The molecule has 0 saturated heterocycles. The molecule has 3 nitrogen and oxygen atoms in total. The highest BCUT2D eigenvalue weighted by atomic mass is 16.5. The van der Waals surface area contributed by atoms with E-state index in [-0.39, 0.29) is 17.2 Å². The fourth-order valence-corrected chi connectivity index (χ4v) is 1.60. The second-order valence-corrected chi connectivity index (χ2v) is 3.86. The number of ether oxygens (including phenoxy) is 1. The Morgan fingerprint density at radius 2 is 2.17 bits per heavy atom. The molecule has 0 aromatic rings. The Kier molecular flexibility index (Phi) is 2.22. The number of esters is 1. The standard InChI is InChI=1S/C9H14O3/c1-9(2)5-4-6(7(9)10)8(11)12-3/h6H,4-5H2,1-3H3/t6-/m0/s1. The van der Waals surface area contributed by atoms with E-state index in [1.807, 2.05) is 13.8 Å². The lowest BCUT2D eigenvalue weighted by Gasteiger charge is -2.14. The van der Waals surface area contributed by atoms with E-state index in [0.29, 0.717) is 6.42 Å². The van der Waals surface area contributed by atoms with Crippen molar-refractivity contribution < 1.29 is 14.3 Å². The van der Waals surface area contributed by atoms with Gasteiger partial charge < -0.3 is 4.74 Å². The largest absolute Gasteiger partial charge is 0.468 e. The maximum Gasteiger partial charge on any atom is 0.316 e. The normalized spacial score (nSPS) is 27.2. The molecule has 0 amide bonds. The van der Waals surface area contributed by atoms with Crippen LogP contribution < -0.4 is 0 Å². The summed E-state index contributed by atoms with van der Waals surface area (Å²) in [6.45, 7) is 3.75. The summed E-state index contributed by atoms with van der Waals surface area (Å²) in [7, 11) is 1.32. The predicted molar refractivity (Wildman–Crippen MR) is 43.5 cm³/mol. The number of hydrogen-bond acceptors (Lipinski definition) is 3. The zero-order valence-electron chi connectivity index (χ0n) is 7.72. The first kappa shape index (κ1) is 9.23. The van der Waals surface area contributed by atoms with Crippen LogP contribution in [-0.2, 0) is 14.3 Å². The van der Waals surface area contributed by atoms with E-state index in [1.165, 1.54) is 7.11 Å². The fraction of sp³-hybridized carbons (Fsp3) is 0.778. The van der Waals surface area contributed by atoms with Gasteiger partial charge in [0.1, 0.15) is 5.92 Å². The van der Waals surface area contributed by atoms with Crippen LogP contribution in [-0.4, -0.2) is 18.9 Å². The highest BCUT2D eigenvalue weighted by Gasteiger charge is 2.44. The molecule has 0 bridgehead atoms. The maximum atomic E-state index is 11.5. The number of carbonyl (C=O) groups excluding carboxylic acids is 2. The molecular weight excluding hydrogens is 156 g/mol. The van der Waals surface area contributed by atoms with Crippen molar-refractivity contribution in [2.45, 2.75) is 26.7 Å². The molecule has 0 heterocycles. The van der Waals surface area contributed by atoms with Crippen LogP contribution in [0.1, 0.15) is 26.7 Å². The molecule has 1 aliphatic carbocycles. The third kappa shape index (κ3) is 1.36. The van der Waals surface area contributed by atoms with Crippen molar-refractivity contribution in [1.82, 2.24) is 0 Å². The summed E-state index contributed by atoms with van der Waals surface area (Å²) >= 11 is 0. The Morgan fingerprint density at radius 1 is 1.58 bits per heavy atom. The smallest absolute Gasteiger partial charge is 0.316 e. The van der Waals surface area contributed by atoms with Crippen LogP contribution in [0.5, 0.6) is 0 Å². The van der Waals surface area contributed by atoms with Gasteiger partial charge in [0.15, 0.2) is 5.78 Å². The molecule has 3 heteroatoms. The van der Waals surface area contributed by atoms with Crippen molar-refractivity contribution in [3.05, 3.63) is 0 Å². The monoisotopic (exact) mass is 170 g/mol. The topological polar surface area (TPSA) is 43.4 Å². The van der Waals surface area contributed by atoms with Crippen LogP contribution in [0.4, 0.5) is 0 Å². The van der Waals surface area contributed by atoms with Crippen LogP contribution in [0.2, 0.25) is 0 Å². The zero-order chi connectivity index (χ0) is 9.35. The first-order valence-corrected chi connectivity index (χ1v) is 4.11. The van der Waals surface area contributed by atoms with E-state index in [2.05, 4.69) is 4.74 Å². The van der Waals surface area contributed by atoms with Gasteiger partial charge in [-0.15, -0.1) is 0 Å². The molecule has 0 N–H and O–H groups in total. The van der Waals surface area contributed by atoms with Gasteiger partial charge in [0.05, 0.1) is 7.11 Å². The summed E-state index contributed by atoms with van der Waals surface area (Å²) < 4.78 is 4.54. The minimum atomic E-state index is -0.509. The van der Waals surface area contributed by atoms with Gasteiger partial charge in [0, 0.05) is 5.41 Å². The van der Waals surface area contributed by atoms with E-state index < -0.39 is 5.92 Å². The lowest BCUT2D eigenvalue weighted by Crippen LogP contribution is -2.27. The van der Waals surface area contributed by atoms with E-state index in [1.54, 1.807) is 0 Å². The summed E-state index contributed by atoms with van der Waals surface area (Å²) in [5.41, 5.74) is -0.334. The molecule has 0 aromatic heterocycles. The Balaban J connectivity index is 2.74. The van der Waals surface area contributed by atoms with E-state index in [4.69, 9.17) is 0 Å². The third-order valence-corrected chi connectivity index (χ3v) is 2.53. The van der Waals surface area contributed by atoms with Crippen molar-refractivity contribution in [2.75, 3.05) is 7.11 Å². The van der Waals surface area contributed by atoms with Crippen LogP contribution in [0.25, 0.3) is 0 Å². The number of ketones is 1. The van der Waals surface area contributed by atoms with Crippen molar-refractivity contribution in [1.29, 1.82) is 0 Å². The van der Waals surface area contributed by atoms with Crippen molar-refractivity contribution in [3.8, 4) is 0 Å². The summed E-state index contributed by atoms with van der Waals surface area (Å²) in [5, 5.41) is 0. The van der Waals surface area contributed by atoms with Gasteiger partial charge in [-0.3, -0.25) is 9.59 Å². The van der Waals surface area contributed by atoms with E-state index in [9.17, 15) is 9.59 Å². The van der Waals surface area contributed by atoms with Gasteiger partial charge in [-0.05, 0) is 12.8 Å². The molecule has 0 aromatic carbocycles. The molecular formula is C9H14O3. The second-order valence-electron chi connectivity index (χ2n) is 3.86. The van der Waals surface area contributed by atoms with Crippen LogP contribution in [0.15, 0.2) is 0 Å². The summed E-state index contributed by atoms with van der Waals surface area (Å²) in [5.74, 6) is -0.870. The van der Waals surface area contributed by atoms with Gasteiger partial charge in [0.2, 0.25) is 0 Å². The number of hydrogen-bond donors (Lipinski definition) is 0. The molecule has 1 atom stereocenters. The summed E-state index contributed by atoms with van der Waals surface area (Å²) in [6, 6.07) is 0. The lowest BCUT2D eigenvalue weighted by atomic mass is 9.89. The highest BCUT2D eigenvalue weighted by molar-refractivity contribution is 6.03. The Morgan fingerprint density at radius 3 is 2.50 bits per heavy atom. The van der Waals surface area contributed by atoms with Gasteiger partial charge in [-0.2, -0.15) is 0 Å². The molecule has 1 aliphatic rings. The molecule has 1 rings (SSSR count).